The number of hydrogen-bond donors (Lipinski definition) is 1. The maximum absolute atomic E-state index is 12.6. The summed E-state index contributed by atoms with van der Waals surface area (Å²) >= 11 is 2.18. The van der Waals surface area contributed by atoms with Gasteiger partial charge in [-0.05, 0) is 59.2 Å². The van der Waals surface area contributed by atoms with Gasteiger partial charge in [-0.25, -0.2) is 4.98 Å². The Morgan fingerprint density at radius 3 is 2.62 bits per heavy atom. The van der Waals surface area contributed by atoms with E-state index in [2.05, 4.69) is 41.4 Å². The molecule has 1 amide bonds. The van der Waals surface area contributed by atoms with E-state index in [0.717, 1.165) is 15.6 Å². The Kier molecular flexibility index (Phi) is 6.96. The lowest BCUT2D eigenvalue weighted by molar-refractivity contribution is -0.874. The van der Waals surface area contributed by atoms with Crippen LogP contribution in [0.25, 0.3) is 0 Å². The van der Waals surface area contributed by atoms with Crippen molar-refractivity contribution >= 4 is 28.5 Å². The van der Waals surface area contributed by atoms with Crippen LogP contribution in [-0.2, 0) is 6.54 Å². The van der Waals surface area contributed by atoms with E-state index in [4.69, 9.17) is 10.5 Å². The Hall–Kier alpha value is -1.71. The second kappa shape index (κ2) is 8.79. The van der Waals surface area contributed by atoms with Crippen molar-refractivity contribution in [2.45, 2.75) is 26.8 Å². The van der Waals surface area contributed by atoms with E-state index >= 15 is 0 Å². The van der Waals surface area contributed by atoms with Gasteiger partial charge in [0.1, 0.15) is 12.3 Å². The summed E-state index contributed by atoms with van der Waals surface area (Å²) in [6.07, 6.45) is 2.29. The number of aromatic nitrogens is 1. The van der Waals surface area contributed by atoms with Crippen molar-refractivity contribution in [2.24, 2.45) is 11.7 Å². The Balaban J connectivity index is 2.05. The average molecular weight is 469 g/mol. The first-order valence-corrected chi connectivity index (χ1v) is 9.52. The van der Waals surface area contributed by atoms with Gasteiger partial charge >= 0.3 is 0 Å². The maximum Gasteiger partial charge on any atom is 0.250 e. The van der Waals surface area contributed by atoms with Crippen LogP contribution in [-0.4, -0.2) is 29.1 Å². The smallest absolute Gasteiger partial charge is 0.250 e. The van der Waals surface area contributed by atoms with Crippen LogP contribution in [0.5, 0.6) is 11.6 Å². The molecular formula is C19H24IN3O3. The molecule has 0 saturated carbocycles. The van der Waals surface area contributed by atoms with Crippen molar-refractivity contribution in [3.05, 3.63) is 56.4 Å². The van der Waals surface area contributed by atoms with E-state index in [9.17, 15) is 10.0 Å². The quantitative estimate of drug-likeness (QED) is 0.359. The molecule has 0 aliphatic carbocycles. The summed E-state index contributed by atoms with van der Waals surface area (Å²) in [6, 6.07) is 8.86. The van der Waals surface area contributed by atoms with Gasteiger partial charge in [0.25, 0.3) is 0 Å². The minimum absolute atomic E-state index is 0.287. The number of carbonyl (C=O) groups excluding carboxylic acids is 1. The summed E-state index contributed by atoms with van der Waals surface area (Å²) in [6.45, 7) is 5.27. The normalized spacial score (nSPS) is 13.5. The van der Waals surface area contributed by atoms with Crippen LogP contribution in [0.3, 0.4) is 0 Å². The van der Waals surface area contributed by atoms with Crippen molar-refractivity contribution in [3.63, 3.8) is 0 Å². The van der Waals surface area contributed by atoms with Crippen molar-refractivity contribution in [1.29, 1.82) is 0 Å². The zero-order valence-electron chi connectivity index (χ0n) is 15.2. The van der Waals surface area contributed by atoms with Gasteiger partial charge in [0.2, 0.25) is 11.8 Å². The minimum atomic E-state index is -0.528. The molecule has 1 unspecified atom stereocenters. The van der Waals surface area contributed by atoms with Gasteiger partial charge < -0.3 is 20.3 Å². The molecule has 1 aromatic heterocycles. The predicted molar refractivity (Wildman–Crippen MR) is 110 cm³/mol. The zero-order chi connectivity index (χ0) is 19.3. The fourth-order valence-electron chi connectivity index (χ4n) is 2.42. The van der Waals surface area contributed by atoms with Crippen LogP contribution in [0.4, 0.5) is 0 Å². The number of ether oxygens (including phenoxy) is 1. The van der Waals surface area contributed by atoms with E-state index in [1.807, 2.05) is 18.2 Å². The Morgan fingerprint density at radius 2 is 2.08 bits per heavy atom. The lowest BCUT2D eigenvalue weighted by Gasteiger charge is -2.39. The molecule has 7 heteroatoms. The van der Waals surface area contributed by atoms with Crippen LogP contribution >= 0.6 is 22.6 Å². The van der Waals surface area contributed by atoms with Crippen LogP contribution < -0.4 is 10.5 Å². The molecule has 0 bridgehead atoms. The number of hydroxylamine groups is 3. The first kappa shape index (κ1) is 20.6. The Bertz CT molecular complexity index is 761. The van der Waals surface area contributed by atoms with Gasteiger partial charge in [-0.1, -0.05) is 13.8 Å². The first-order chi connectivity index (χ1) is 12.2. The molecule has 0 aliphatic heterocycles. The molecule has 140 valence electrons. The molecule has 2 rings (SSSR count). The van der Waals surface area contributed by atoms with Gasteiger partial charge in [-0.2, -0.15) is 0 Å². The van der Waals surface area contributed by atoms with Gasteiger partial charge in [-0.3, -0.25) is 4.79 Å². The second-order valence-corrected chi connectivity index (χ2v) is 8.14. The summed E-state index contributed by atoms with van der Waals surface area (Å²) in [7, 11) is 1.71. The molecule has 0 spiro atoms. The fourth-order valence-corrected chi connectivity index (χ4v) is 3.11. The van der Waals surface area contributed by atoms with Gasteiger partial charge in [0.05, 0.1) is 22.7 Å². The van der Waals surface area contributed by atoms with E-state index in [-0.39, 0.29) is 4.65 Å². The van der Waals surface area contributed by atoms with Crippen LogP contribution in [0.15, 0.2) is 36.5 Å². The molecule has 1 atom stereocenters. The third kappa shape index (κ3) is 6.22. The number of primary amides is 1. The van der Waals surface area contributed by atoms with Crippen molar-refractivity contribution in [2.75, 3.05) is 13.6 Å². The van der Waals surface area contributed by atoms with Gasteiger partial charge in [0.15, 0.2) is 0 Å². The topological polar surface area (TPSA) is 88.3 Å². The summed E-state index contributed by atoms with van der Waals surface area (Å²) < 4.78 is 6.36. The number of amides is 1. The number of nitrogens with two attached hydrogens (primary N) is 1. The number of halogens is 1. The summed E-state index contributed by atoms with van der Waals surface area (Å²) in [5.74, 6) is 1.02. The highest BCUT2D eigenvalue weighted by Crippen LogP contribution is 2.27. The molecule has 2 aromatic rings. The number of rotatable bonds is 8. The fraction of sp³-hybridized carbons (Fsp3) is 0.368. The average Bonchev–Trinajstić information content (AvgIpc) is 2.56. The molecule has 26 heavy (non-hydrogen) atoms. The third-order valence-corrected chi connectivity index (χ3v) is 4.77. The van der Waals surface area contributed by atoms with E-state index in [1.165, 1.54) is 6.20 Å². The van der Waals surface area contributed by atoms with Crippen LogP contribution in [0, 0.1) is 14.7 Å². The van der Waals surface area contributed by atoms with Crippen molar-refractivity contribution < 1.29 is 14.2 Å². The highest BCUT2D eigenvalue weighted by molar-refractivity contribution is 14.1. The summed E-state index contributed by atoms with van der Waals surface area (Å²) in [4.78, 5) is 15.2. The molecule has 1 aromatic carbocycles. The SMILES string of the molecule is CC(C)CC[N+](C)([O-])Cc1ccc(Oc2ccc(C(N)=O)cn2)c(I)c1. The maximum atomic E-state index is 12.6. The monoisotopic (exact) mass is 469 g/mol. The number of hydrogen-bond acceptors (Lipinski definition) is 4. The largest absolute Gasteiger partial charge is 0.633 e. The summed E-state index contributed by atoms with van der Waals surface area (Å²) in [5, 5.41) is 12.6. The Labute approximate surface area is 167 Å². The Morgan fingerprint density at radius 1 is 1.35 bits per heavy atom. The lowest BCUT2D eigenvalue weighted by Crippen LogP contribution is -2.38. The highest BCUT2D eigenvalue weighted by atomic mass is 127. The molecule has 6 nitrogen and oxygen atoms in total. The van der Waals surface area contributed by atoms with Gasteiger partial charge in [-0.15, -0.1) is 0 Å². The highest BCUT2D eigenvalue weighted by Gasteiger charge is 2.14. The molecule has 2 N–H and O–H groups in total. The second-order valence-electron chi connectivity index (χ2n) is 6.98. The van der Waals surface area contributed by atoms with Crippen LogP contribution in [0.2, 0.25) is 0 Å². The molecule has 0 radical (unpaired) electrons. The lowest BCUT2D eigenvalue weighted by atomic mass is 10.1. The van der Waals surface area contributed by atoms with Crippen molar-refractivity contribution in [3.8, 4) is 11.6 Å². The predicted octanol–water partition coefficient (Wildman–Crippen LogP) is 4.07. The first-order valence-electron chi connectivity index (χ1n) is 8.44. The van der Waals surface area contributed by atoms with E-state index in [0.29, 0.717) is 36.2 Å². The van der Waals surface area contributed by atoms with E-state index < -0.39 is 5.91 Å². The molecular weight excluding hydrogens is 445 g/mol. The summed E-state index contributed by atoms with van der Waals surface area (Å²) in [5.41, 5.74) is 6.50. The van der Waals surface area contributed by atoms with Crippen molar-refractivity contribution in [1.82, 2.24) is 4.98 Å². The van der Waals surface area contributed by atoms with Gasteiger partial charge in [0, 0.05) is 17.8 Å². The van der Waals surface area contributed by atoms with Crippen LogP contribution in [0.1, 0.15) is 36.2 Å². The number of pyridine rings is 1. The molecule has 1 heterocycles. The molecule has 0 aliphatic rings. The number of quaternary nitrogens is 1. The number of nitrogens with zero attached hydrogens (tertiary/aromatic N) is 2. The minimum Gasteiger partial charge on any atom is -0.633 e. The molecule has 0 saturated heterocycles. The number of benzene rings is 1. The standard InChI is InChI=1S/C19H24IN3O3/c1-13(2)8-9-23(3,25)12-14-4-6-17(16(20)10-14)26-18-7-5-15(11-22-18)19(21)24/h4-7,10-11,13H,8-9,12H2,1-3H3,(H2,21,24). The molecule has 0 fully saturated rings. The third-order valence-electron chi connectivity index (χ3n) is 3.93. The number of carbonyl (C=O) groups is 1. The van der Waals surface area contributed by atoms with E-state index in [1.54, 1.807) is 19.2 Å². The zero-order valence-corrected chi connectivity index (χ0v) is 17.4.